The number of H-pyrrole nitrogens is 2. The Kier molecular flexibility index (Phi) is 5.32. The molecule has 0 bridgehead atoms. The third kappa shape index (κ3) is 4.60. The van der Waals surface area contributed by atoms with Crippen LogP contribution in [0.4, 0.5) is 0 Å². The van der Waals surface area contributed by atoms with Crippen LogP contribution in [0.2, 0.25) is 0 Å². The Morgan fingerprint density at radius 3 is 2.57 bits per heavy atom. The van der Waals surface area contributed by atoms with Gasteiger partial charge in [0.2, 0.25) is 0 Å². The summed E-state index contributed by atoms with van der Waals surface area (Å²) in [7, 11) is 0. The number of aromatic amines is 2. The number of aromatic nitrogens is 6. The van der Waals surface area contributed by atoms with Crippen molar-refractivity contribution in [3.05, 3.63) is 36.3 Å². The molecule has 11 heteroatoms. The Labute approximate surface area is 139 Å². The van der Waals surface area contributed by atoms with Crippen molar-refractivity contribution in [1.82, 2.24) is 35.7 Å². The zero-order valence-corrected chi connectivity index (χ0v) is 13.5. The molecule has 0 atom stereocenters. The Hall–Kier alpha value is -2.27. The fourth-order valence-corrected chi connectivity index (χ4v) is 2.95. The molecular weight excluding hydrogens is 338 g/mol. The predicted molar refractivity (Wildman–Crippen MR) is 84.1 cm³/mol. The molecule has 0 saturated carbocycles. The third-order valence-electron chi connectivity index (χ3n) is 2.65. The van der Waals surface area contributed by atoms with Crippen molar-refractivity contribution in [3.63, 3.8) is 0 Å². The van der Waals surface area contributed by atoms with Crippen molar-refractivity contribution >= 4 is 29.4 Å². The molecule has 0 aliphatic rings. The number of carbonyl (C=O) groups is 1. The van der Waals surface area contributed by atoms with Crippen LogP contribution < -0.4 is 5.32 Å². The van der Waals surface area contributed by atoms with Crippen molar-refractivity contribution in [1.29, 1.82) is 0 Å². The van der Waals surface area contributed by atoms with Crippen LogP contribution in [0.3, 0.4) is 0 Å². The van der Waals surface area contributed by atoms with E-state index in [9.17, 15) is 4.79 Å². The zero-order valence-electron chi connectivity index (χ0n) is 11.9. The van der Waals surface area contributed by atoms with E-state index in [4.69, 9.17) is 4.42 Å². The van der Waals surface area contributed by atoms with Crippen molar-refractivity contribution in [2.75, 3.05) is 12.3 Å². The van der Waals surface area contributed by atoms with Gasteiger partial charge in [0.25, 0.3) is 5.91 Å². The summed E-state index contributed by atoms with van der Waals surface area (Å²) in [4.78, 5) is 20.0. The van der Waals surface area contributed by atoms with E-state index >= 15 is 0 Å². The van der Waals surface area contributed by atoms with Gasteiger partial charge in [-0.05, 0) is 12.1 Å². The number of hydrogen-bond donors (Lipinski definition) is 3. The van der Waals surface area contributed by atoms with E-state index in [1.54, 1.807) is 12.1 Å². The molecule has 3 N–H and O–H groups in total. The maximum absolute atomic E-state index is 12.0. The standard InChI is InChI=1S/C12H13N7O2S2/c20-10(13-3-4-22-11-14-6-16-18-11)9-2-1-8(21-9)5-23-12-15-7-17-19-12/h1-2,6-7H,3-5H2,(H,13,20)(H,14,16,18)(H,15,17,19). The van der Waals surface area contributed by atoms with E-state index in [2.05, 4.69) is 35.7 Å². The number of carbonyl (C=O) groups excluding carboxylic acids is 1. The van der Waals surface area contributed by atoms with E-state index in [1.807, 2.05) is 0 Å². The van der Waals surface area contributed by atoms with Crippen LogP contribution in [0.5, 0.6) is 0 Å². The molecule has 1 amide bonds. The van der Waals surface area contributed by atoms with Crippen LogP contribution in [-0.4, -0.2) is 48.6 Å². The van der Waals surface area contributed by atoms with Crippen LogP contribution in [0.1, 0.15) is 16.3 Å². The molecule has 3 aromatic heterocycles. The summed E-state index contributed by atoms with van der Waals surface area (Å²) < 4.78 is 5.52. The van der Waals surface area contributed by atoms with Gasteiger partial charge in [0, 0.05) is 12.3 Å². The lowest BCUT2D eigenvalue weighted by Crippen LogP contribution is -2.25. The van der Waals surface area contributed by atoms with Crippen LogP contribution in [-0.2, 0) is 5.75 Å². The topological polar surface area (TPSA) is 125 Å². The summed E-state index contributed by atoms with van der Waals surface area (Å²) in [6, 6.07) is 3.44. The number of nitrogens with one attached hydrogen (secondary N) is 3. The molecule has 3 rings (SSSR count). The van der Waals surface area contributed by atoms with E-state index in [-0.39, 0.29) is 5.91 Å². The lowest BCUT2D eigenvalue weighted by atomic mass is 10.4. The summed E-state index contributed by atoms with van der Waals surface area (Å²) in [5, 5.41) is 17.2. The quantitative estimate of drug-likeness (QED) is 0.410. The monoisotopic (exact) mass is 351 g/mol. The average molecular weight is 351 g/mol. The first-order chi connectivity index (χ1) is 11.3. The van der Waals surface area contributed by atoms with Gasteiger partial charge in [-0.3, -0.25) is 15.0 Å². The second-order valence-electron chi connectivity index (χ2n) is 4.24. The lowest BCUT2D eigenvalue weighted by Gasteiger charge is -2.01. The predicted octanol–water partition coefficient (Wildman–Crippen LogP) is 1.33. The van der Waals surface area contributed by atoms with Gasteiger partial charge in [-0.2, -0.15) is 10.2 Å². The highest BCUT2D eigenvalue weighted by Crippen LogP contribution is 2.20. The van der Waals surface area contributed by atoms with Crippen molar-refractivity contribution < 1.29 is 9.21 Å². The summed E-state index contributed by atoms with van der Waals surface area (Å²) in [6.45, 7) is 0.507. The minimum Gasteiger partial charge on any atom is -0.455 e. The molecule has 0 unspecified atom stereocenters. The molecule has 3 aromatic rings. The highest BCUT2D eigenvalue weighted by molar-refractivity contribution is 7.99. The van der Waals surface area contributed by atoms with E-state index in [1.165, 1.54) is 36.2 Å². The average Bonchev–Trinajstić information content (AvgIpc) is 3.32. The molecule has 0 fully saturated rings. The maximum Gasteiger partial charge on any atom is 0.287 e. The fourth-order valence-electron chi connectivity index (χ4n) is 1.64. The molecule has 9 nitrogen and oxygen atoms in total. The minimum atomic E-state index is -0.237. The number of furan rings is 1. The third-order valence-corrected chi connectivity index (χ3v) is 4.43. The van der Waals surface area contributed by atoms with Gasteiger partial charge in [-0.1, -0.05) is 23.5 Å². The SMILES string of the molecule is O=C(NCCSc1ncn[nH]1)c1ccc(CSc2ncn[nH]2)o1. The van der Waals surface area contributed by atoms with E-state index < -0.39 is 0 Å². The van der Waals surface area contributed by atoms with Crippen LogP contribution in [0.15, 0.2) is 39.5 Å². The van der Waals surface area contributed by atoms with Crippen LogP contribution in [0.25, 0.3) is 0 Å². The second kappa shape index (κ2) is 7.83. The molecule has 0 aromatic carbocycles. The van der Waals surface area contributed by atoms with Crippen molar-refractivity contribution in [3.8, 4) is 0 Å². The number of hydrogen-bond acceptors (Lipinski definition) is 8. The Morgan fingerprint density at radius 2 is 1.87 bits per heavy atom. The first kappa shape index (κ1) is 15.6. The number of nitrogens with zero attached hydrogens (tertiary/aromatic N) is 4. The van der Waals surface area contributed by atoms with Gasteiger partial charge < -0.3 is 9.73 Å². The Bertz CT molecular complexity index is 727. The van der Waals surface area contributed by atoms with Gasteiger partial charge in [0.15, 0.2) is 16.1 Å². The van der Waals surface area contributed by atoms with Crippen molar-refractivity contribution in [2.45, 2.75) is 16.1 Å². The van der Waals surface area contributed by atoms with Gasteiger partial charge in [-0.15, -0.1) is 0 Å². The van der Waals surface area contributed by atoms with Crippen LogP contribution >= 0.6 is 23.5 Å². The molecule has 0 aliphatic carbocycles. The molecule has 3 heterocycles. The maximum atomic E-state index is 12.0. The van der Waals surface area contributed by atoms with E-state index in [0.717, 1.165) is 5.16 Å². The van der Waals surface area contributed by atoms with E-state index in [0.29, 0.717) is 34.7 Å². The molecule has 0 radical (unpaired) electrons. The molecule has 23 heavy (non-hydrogen) atoms. The molecular formula is C12H13N7O2S2. The van der Waals surface area contributed by atoms with Gasteiger partial charge in [0.1, 0.15) is 18.4 Å². The molecule has 0 aliphatic heterocycles. The second-order valence-corrected chi connectivity index (χ2v) is 6.29. The molecule has 0 spiro atoms. The summed E-state index contributed by atoms with van der Waals surface area (Å²) >= 11 is 2.93. The summed E-state index contributed by atoms with van der Waals surface area (Å²) in [5.74, 6) is 2.02. The first-order valence-corrected chi connectivity index (χ1v) is 8.61. The Morgan fingerprint density at radius 1 is 1.13 bits per heavy atom. The normalized spacial score (nSPS) is 10.8. The number of amides is 1. The van der Waals surface area contributed by atoms with Crippen LogP contribution in [0, 0.1) is 0 Å². The fraction of sp³-hybridized carbons (Fsp3) is 0.250. The first-order valence-electron chi connectivity index (χ1n) is 6.64. The summed E-state index contributed by atoms with van der Waals surface area (Å²) in [6.07, 6.45) is 2.89. The minimum absolute atomic E-state index is 0.237. The van der Waals surface area contributed by atoms with Crippen molar-refractivity contribution in [2.24, 2.45) is 0 Å². The van der Waals surface area contributed by atoms with Gasteiger partial charge in [0.05, 0.1) is 5.75 Å². The summed E-state index contributed by atoms with van der Waals surface area (Å²) in [5.41, 5.74) is 0. The largest absolute Gasteiger partial charge is 0.455 e. The number of rotatable bonds is 8. The Balaban J connectivity index is 1.40. The molecule has 120 valence electrons. The molecule has 0 saturated heterocycles. The highest BCUT2D eigenvalue weighted by Gasteiger charge is 2.11. The number of thioether (sulfide) groups is 2. The highest BCUT2D eigenvalue weighted by atomic mass is 32.2. The van der Waals surface area contributed by atoms with Gasteiger partial charge >= 0.3 is 0 Å². The lowest BCUT2D eigenvalue weighted by molar-refractivity contribution is 0.0927. The van der Waals surface area contributed by atoms with Gasteiger partial charge in [-0.25, -0.2) is 9.97 Å². The smallest absolute Gasteiger partial charge is 0.287 e. The zero-order chi connectivity index (χ0) is 15.9.